The highest BCUT2D eigenvalue weighted by molar-refractivity contribution is 5.96. The van der Waals surface area contributed by atoms with Gasteiger partial charge in [0.25, 0.3) is 5.91 Å². The molecule has 0 saturated carbocycles. The van der Waals surface area contributed by atoms with Crippen molar-refractivity contribution < 1.29 is 4.79 Å². The maximum atomic E-state index is 12.5. The van der Waals surface area contributed by atoms with Crippen LogP contribution in [-0.4, -0.2) is 29.4 Å². The van der Waals surface area contributed by atoms with Crippen LogP contribution in [0.15, 0.2) is 48.0 Å². The molecule has 4 nitrogen and oxygen atoms in total. The van der Waals surface area contributed by atoms with Crippen LogP contribution >= 0.6 is 0 Å². The Morgan fingerprint density at radius 3 is 3.16 bits per heavy atom. The van der Waals surface area contributed by atoms with Crippen molar-refractivity contribution >= 4 is 5.91 Å². The third-order valence-corrected chi connectivity index (χ3v) is 3.83. The second-order valence-electron chi connectivity index (χ2n) is 5.20. The molecule has 1 fully saturated rings. The summed E-state index contributed by atoms with van der Waals surface area (Å²) >= 11 is 0. The summed E-state index contributed by atoms with van der Waals surface area (Å²) in [5, 5.41) is 1.67. The molecule has 0 radical (unpaired) electrons. The van der Waals surface area contributed by atoms with E-state index in [1.54, 1.807) is 5.01 Å². The zero-order chi connectivity index (χ0) is 13.2. The average molecular weight is 257 g/mol. The van der Waals surface area contributed by atoms with Gasteiger partial charge < -0.3 is 4.90 Å². The lowest BCUT2D eigenvalue weighted by molar-refractivity contribution is -0.130. The third kappa shape index (κ3) is 2.36. The predicted molar refractivity (Wildman–Crippen MR) is 74.4 cm³/mol. The molecular formula is C15H19N3O. The molecule has 0 aromatic carbocycles. The van der Waals surface area contributed by atoms with Gasteiger partial charge in [-0.3, -0.25) is 4.79 Å². The van der Waals surface area contributed by atoms with Crippen molar-refractivity contribution in [2.75, 3.05) is 13.6 Å². The maximum absolute atomic E-state index is 12.5. The number of rotatable bonds is 1. The van der Waals surface area contributed by atoms with Gasteiger partial charge in [0.05, 0.1) is 5.70 Å². The fraction of sp³-hybridized carbons (Fsp3) is 0.400. The van der Waals surface area contributed by atoms with E-state index in [-0.39, 0.29) is 5.91 Å². The van der Waals surface area contributed by atoms with Gasteiger partial charge in [0.1, 0.15) is 0 Å². The summed E-state index contributed by atoms with van der Waals surface area (Å²) in [6, 6.07) is 0. The van der Waals surface area contributed by atoms with Crippen LogP contribution in [-0.2, 0) is 4.79 Å². The summed E-state index contributed by atoms with van der Waals surface area (Å²) in [4.78, 5) is 14.5. The van der Waals surface area contributed by atoms with Crippen LogP contribution in [0.4, 0.5) is 0 Å². The van der Waals surface area contributed by atoms with Crippen LogP contribution in [0.1, 0.15) is 19.3 Å². The molecule has 19 heavy (non-hydrogen) atoms. The second kappa shape index (κ2) is 5.05. The minimum Gasteiger partial charge on any atom is -0.357 e. The first-order chi connectivity index (χ1) is 9.25. The molecule has 4 heteroatoms. The minimum absolute atomic E-state index is 0.102. The highest BCUT2D eigenvalue weighted by atomic mass is 16.2. The van der Waals surface area contributed by atoms with E-state index in [9.17, 15) is 4.79 Å². The van der Waals surface area contributed by atoms with Gasteiger partial charge in [0.2, 0.25) is 0 Å². The Hall–Kier alpha value is -1.81. The van der Waals surface area contributed by atoms with Crippen LogP contribution in [0.3, 0.4) is 0 Å². The van der Waals surface area contributed by atoms with Crippen LogP contribution in [0, 0.1) is 5.92 Å². The van der Waals surface area contributed by atoms with Crippen LogP contribution in [0.2, 0.25) is 0 Å². The summed E-state index contributed by atoms with van der Waals surface area (Å²) < 4.78 is 0. The van der Waals surface area contributed by atoms with Gasteiger partial charge in [-0.05, 0) is 37.5 Å². The number of hydrazine groups is 1. The molecule has 0 spiro atoms. The monoisotopic (exact) mass is 257 g/mol. The van der Waals surface area contributed by atoms with E-state index in [1.807, 2.05) is 42.6 Å². The first-order valence-electron chi connectivity index (χ1n) is 6.82. The molecule has 1 aliphatic carbocycles. The largest absolute Gasteiger partial charge is 0.357 e. The molecule has 3 aliphatic rings. The van der Waals surface area contributed by atoms with Gasteiger partial charge in [0.15, 0.2) is 0 Å². The van der Waals surface area contributed by atoms with Crippen molar-refractivity contribution in [2.45, 2.75) is 19.3 Å². The fourth-order valence-corrected chi connectivity index (χ4v) is 2.75. The topological polar surface area (TPSA) is 35.6 Å². The van der Waals surface area contributed by atoms with Gasteiger partial charge in [-0.2, -0.15) is 0 Å². The normalized spacial score (nSPS) is 26.8. The number of nitrogens with zero attached hydrogens (tertiary/aromatic N) is 2. The lowest BCUT2D eigenvalue weighted by Gasteiger charge is -2.36. The van der Waals surface area contributed by atoms with Crippen molar-refractivity contribution in [3.63, 3.8) is 0 Å². The van der Waals surface area contributed by atoms with E-state index >= 15 is 0 Å². The Labute approximate surface area is 113 Å². The first-order valence-corrected chi connectivity index (χ1v) is 6.82. The van der Waals surface area contributed by atoms with E-state index in [2.05, 4.69) is 11.5 Å². The van der Waals surface area contributed by atoms with Gasteiger partial charge in [-0.15, -0.1) is 0 Å². The average Bonchev–Trinajstić information content (AvgIpc) is 2.65. The molecule has 0 aromatic heterocycles. The third-order valence-electron chi connectivity index (χ3n) is 3.83. The standard InChI is InChI=1S/C15H19N3O/c1-17-9-4-6-13(8-10-17)18-15(19)14-7-3-2-5-12(14)11-16-18/h4,6-10,12,16H,2-3,5,11H2,1H3. The number of fused-ring (bicyclic) bond motifs is 1. The van der Waals surface area contributed by atoms with Crippen molar-refractivity contribution in [3.8, 4) is 0 Å². The molecule has 100 valence electrons. The van der Waals surface area contributed by atoms with Gasteiger partial charge in [-0.1, -0.05) is 6.08 Å². The highest BCUT2D eigenvalue weighted by Crippen LogP contribution is 2.29. The van der Waals surface area contributed by atoms with Crippen molar-refractivity contribution in [3.05, 3.63) is 48.0 Å². The van der Waals surface area contributed by atoms with Gasteiger partial charge in [0, 0.05) is 37.5 Å². The van der Waals surface area contributed by atoms with Crippen molar-refractivity contribution in [2.24, 2.45) is 5.92 Å². The number of hydrogen-bond donors (Lipinski definition) is 1. The van der Waals surface area contributed by atoms with E-state index < -0.39 is 0 Å². The molecule has 2 heterocycles. The number of hydrogen-bond acceptors (Lipinski definition) is 3. The Morgan fingerprint density at radius 1 is 1.37 bits per heavy atom. The minimum atomic E-state index is 0.102. The number of amides is 1. The molecule has 1 amide bonds. The molecule has 1 atom stereocenters. The van der Waals surface area contributed by atoms with Crippen molar-refractivity contribution in [1.29, 1.82) is 0 Å². The Balaban J connectivity index is 1.84. The molecule has 0 aromatic rings. The SMILES string of the molecule is CN1C=CC=C(N2NCC3CCCC=C3C2=O)C=C1. The summed E-state index contributed by atoms with van der Waals surface area (Å²) in [5.41, 5.74) is 5.12. The highest BCUT2D eigenvalue weighted by Gasteiger charge is 2.33. The molecule has 1 saturated heterocycles. The Bertz CT molecular complexity index is 502. The van der Waals surface area contributed by atoms with Gasteiger partial charge >= 0.3 is 0 Å². The zero-order valence-electron chi connectivity index (χ0n) is 11.2. The van der Waals surface area contributed by atoms with Crippen LogP contribution in [0.25, 0.3) is 0 Å². The molecule has 0 bridgehead atoms. The maximum Gasteiger partial charge on any atom is 0.268 e. The lowest BCUT2D eigenvalue weighted by atomic mass is 9.86. The first kappa shape index (κ1) is 12.2. The van der Waals surface area contributed by atoms with Crippen LogP contribution in [0.5, 0.6) is 0 Å². The molecular weight excluding hydrogens is 238 g/mol. The van der Waals surface area contributed by atoms with Crippen molar-refractivity contribution in [1.82, 2.24) is 15.3 Å². The van der Waals surface area contributed by atoms with E-state index in [1.165, 1.54) is 6.42 Å². The quantitative estimate of drug-likeness (QED) is 0.779. The lowest BCUT2D eigenvalue weighted by Crippen LogP contribution is -2.51. The summed E-state index contributed by atoms with van der Waals surface area (Å²) in [6.45, 7) is 0.850. The Morgan fingerprint density at radius 2 is 2.26 bits per heavy atom. The molecule has 1 N–H and O–H groups in total. The smallest absolute Gasteiger partial charge is 0.268 e. The molecule has 3 rings (SSSR count). The number of carbonyl (C=O) groups excluding carboxylic acids is 1. The van der Waals surface area contributed by atoms with Gasteiger partial charge in [-0.25, -0.2) is 10.4 Å². The molecule has 2 aliphatic heterocycles. The van der Waals surface area contributed by atoms with Crippen LogP contribution < -0.4 is 5.43 Å². The zero-order valence-corrected chi connectivity index (χ0v) is 11.2. The predicted octanol–water partition coefficient (Wildman–Crippen LogP) is 1.92. The summed E-state index contributed by atoms with van der Waals surface area (Å²) in [5.74, 6) is 0.496. The summed E-state index contributed by atoms with van der Waals surface area (Å²) in [6.07, 6.45) is 15.2. The molecule has 1 unspecified atom stereocenters. The van der Waals surface area contributed by atoms with E-state index in [4.69, 9.17) is 0 Å². The number of allylic oxidation sites excluding steroid dienone is 4. The second-order valence-corrected chi connectivity index (χ2v) is 5.20. The van der Waals surface area contributed by atoms with E-state index in [0.717, 1.165) is 30.7 Å². The fourth-order valence-electron chi connectivity index (χ4n) is 2.75. The summed E-state index contributed by atoms with van der Waals surface area (Å²) in [7, 11) is 1.97. The number of nitrogens with one attached hydrogen (secondary N) is 1. The number of carbonyl (C=O) groups is 1. The Kier molecular flexibility index (Phi) is 3.25. The van der Waals surface area contributed by atoms with E-state index in [0.29, 0.717) is 5.92 Å².